The fraction of sp³-hybridized carbons (Fsp3) is 0.667. The monoisotopic (exact) mass is 225 g/mol. The summed E-state index contributed by atoms with van der Waals surface area (Å²) in [6.07, 6.45) is 4.45. The highest BCUT2D eigenvalue weighted by Crippen LogP contribution is 2.21. The third-order valence-corrected chi connectivity index (χ3v) is 3.96. The van der Waals surface area contributed by atoms with Crippen LogP contribution in [0, 0.1) is 6.92 Å². The second-order valence-electron chi connectivity index (χ2n) is 4.13. The Morgan fingerprint density at radius 1 is 1.53 bits per heavy atom. The number of nitrogens with one attached hydrogen (secondary N) is 1. The van der Waals surface area contributed by atoms with E-state index < -0.39 is 0 Å². The van der Waals surface area contributed by atoms with E-state index in [0.29, 0.717) is 6.10 Å². The molecule has 2 rings (SSSR count). The molecule has 1 aromatic heterocycles. The Morgan fingerprint density at radius 2 is 2.40 bits per heavy atom. The van der Waals surface area contributed by atoms with Gasteiger partial charge >= 0.3 is 0 Å². The molecule has 0 saturated heterocycles. The van der Waals surface area contributed by atoms with Crippen molar-refractivity contribution in [1.29, 1.82) is 0 Å². The molecular formula is C12H19NOS. The van der Waals surface area contributed by atoms with Gasteiger partial charge in [-0.1, -0.05) is 0 Å². The molecule has 84 valence electrons. The van der Waals surface area contributed by atoms with Crippen LogP contribution in [0.1, 0.15) is 29.7 Å². The maximum atomic E-state index is 5.67. The van der Waals surface area contributed by atoms with E-state index in [0.717, 1.165) is 19.7 Å². The van der Waals surface area contributed by atoms with Crippen molar-refractivity contribution in [3.63, 3.8) is 0 Å². The van der Waals surface area contributed by atoms with Crippen LogP contribution in [0.25, 0.3) is 0 Å². The molecule has 1 N–H and O–H groups in total. The minimum atomic E-state index is 0.565. The zero-order valence-electron chi connectivity index (χ0n) is 9.29. The first-order valence-corrected chi connectivity index (χ1v) is 6.59. The quantitative estimate of drug-likeness (QED) is 0.752. The first kappa shape index (κ1) is 11.1. The van der Waals surface area contributed by atoms with E-state index in [1.807, 2.05) is 11.3 Å². The zero-order valence-corrected chi connectivity index (χ0v) is 10.1. The van der Waals surface area contributed by atoms with Gasteiger partial charge in [0, 0.05) is 18.0 Å². The van der Waals surface area contributed by atoms with Crippen molar-refractivity contribution in [3.05, 3.63) is 21.9 Å². The summed E-state index contributed by atoms with van der Waals surface area (Å²) in [5.74, 6) is 0. The first-order chi connectivity index (χ1) is 7.36. The van der Waals surface area contributed by atoms with Crippen molar-refractivity contribution < 1.29 is 4.74 Å². The highest BCUT2D eigenvalue weighted by molar-refractivity contribution is 7.10. The Morgan fingerprint density at radius 3 is 3.00 bits per heavy atom. The Hall–Kier alpha value is -0.380. The normalized spacial score (nSPS) is 16.6. The predicted octanol–water partition coefficient (Wildman–Crippen LogP) is 2.72. The molecule has 0 aliphatic heterocycles. The Kier molecular flexibility index (Phi) is 4.18. The molecule has 1 aliphatic rings. The van der Waals surface area contributed by atoms with Crippen LogP contribution >= 0.6 is 11.3 Å². The van der Waals surface area contributed by atoms with E-state index >= 15 is 0 Å². The molecule has 3 heteroatoms. The molecule has 1 fully saturated rings. The molecule has 1 heterocycles. The van der Waals surface area contributed by atoms with Gasteiger partial charge in [0.15, 0.2) is 0 Å². The largest absolute Gasteiger partial charge is 0.377 e. The van der Waals surface area contributed by atoms with Gasteiger partial charge in [0.25, 0.3) is 0 Å². The summed E-state index contributed by atoms with van der Waals surface area (Å²) in [6, 6.07) is 2.17. The average molecular weight is 225 g/mol. The van der Waals surface area contributed by atoms with Crippen LogP contribution in [0.15, 0.2) is 11.4 Å². The Balaban J connectivity index is 1.53. The number of thiophene rings is 1. The fourth-order valence-corrected chi connectivity index (χ4v) is 2.50. The van der Waals surface area contributed by atoms with E-state index in [-0.39, 0.29) is 0 Å². The molecule has 1 aromatic rings. The summed E-state index contributed by atoms with van der Waals surface area (Å²) in [7, 11) is 0. The molecular weight excluding hydrogens is 206 g/mol. The van der Waals surface area contributed by atoms with Crippen LogP contribution in [-0.2, 0) is 11.3 Å². The molecule has 0 amide bonds. The van der Waals surface area contributed by atoms with Crippen molar-refractivity contribution in [3.8, 4) is 0 Å². The molecule has 0 aromatic carbocycles. The van der Waals surface area contributed by atoms with Gasteiger partial charge in [-0.25, -0.2) is 0 Å². The highest BCUT2D eigenvalue weighted by atomic mass is 32.1. The van der Waals surface area contributed by atoms with E-state index in [1.54, 1.807) is 0 Å². The second kappa shape index (κ2) is 5.64. The minimum Gasteiger partial charge on any atom is -0.377 e. The lowest BCUT2D eigenvalue weighted by atomic mass is 9.96. The smallest absolute Gasteiger partial charge is 0.0594 e. The lowest BCUT2D eigenvalue weighted by molar-refractivity contribution is 0.00421. The predicted molar refractivity (Wildman–Crippen MR) is 64.4 cm³/mol. The van der Waals surface area contributed by atoms with E-state index in [9.17, 15) is 0 Å². The Bertz CT molecular complexity index is 294. The van der Waals surface area contributed by atoms with E-state index in [2.05, 4.69) is 23.7 Å². The average Bonchev–Trinajstić information content (AvgIpc) is 2.55. The number of hydrogen-bond donors (Lipinski definition) is 1. The van der Waals surface area contributed by atoms with Crippen LogP contribution in [0.3, 0.4) is 0 Å². The van der Waals surface area contributed by atoms with Gasteiger partial charge in [0.05, 0.1) is 12.7 Å². The summed E-state index contributed by atoms with van der Waals surface area (Å²) in [6.45, 7) is 4.97. The van der Waals surface area contributed by atoms with Gasteiger partial charge in [-0.15, -0.1) is 11.3 Å². The van der Waals surface area contributed by atoms with Crippen LogP contribution in [0.2, 0.25) is 0 Å². The highest BCUT2D eigenvalue weighted by Gasteiger charge is 2.16. The molecule has 0 bridgehead atoms. The summed E-state index contributed by atoms with van der Waals surface area (Å²) in [5, 5.41) is 5.57. The van der Waals surface area contributed by atoms with Crippen molar-refractivity contribution in [2.75, 3.05) is 13.2 Å². The summed E-state index contributed by atoms with van der Waals surface area (Å²) >= 11 is 1.83. The second-order valence-corrected chi connectivity index (χ2v) is 5.13. The Labute approximate surface area is 95.6 Å². The van der Waals surface area contributed by atoms with Crippen LogP contribution < -0.4 is 5.32 Å². The van der Waals surface area contributed by atoms with E-state index in [1.165, 1.54) is 29.7 Å². The van der Waals surface area contributed by atoms with Crippen molar-refractivity contribution >= 4 is 11.3 Å². The number of hydrogen-bond acceptors (Lipinski definition) is 3. The third-order valence-electron chi connectivity index (χ3n) is 2.94. The van der Waals surface area contributed by atoms with Crippen molar-refractivity contribution in [2.24, 2.45) is 0 Å². The molecule has 0 unspecified atom stereocenters. The zero-order chi connectivity index (χ0) is 10.5. The summed E-state index contributed by atoms with van der Waals surface area (Å²) in [4.78, 5) is 1.44. The van der Waals surface area contributed by atoms with Crippen molar-refractivity contribution in [2.45, 2.75) is 38.8 Å². The number of aryl methyl sites for hydroxylation is 1. The summed E-state index contributed by atoms with van der Waals surface area (Å²) < 4.78 is 5.67. The fourth-order valence-electron chi connectivity index (χ4n) is 1.62. The third kappa shape index (κ3) is 3.30. The molecule has 1 saturated carbocycles. The van der Waals surface area contributed by atoms with Gasteiger partial charge in [0.2, 0.25) is 0 Å². The van der Waals surface area contributed by atoms with Crippen LogP contribution in [-0.4, -0.2) is 19.3 Å². The van der Waals surface area contributed by atoms with Crippen LogP contribution in [0.4, 0.5) is 0 Å². The lowest BCUT2D eigenvalue weighted by Gasteiger charge is -2.25. The lowest BCUT2D eigenvalue weighted by Crippen LogP contribution is -2.26. The molecule has 0 radical (unpaired) electrons. The van der Waals surface area contributed by atoms with Gasteiger partial charge in [-0.2, -0.15) is 0 Å². The molecule has 1 aliphatic carbocycles. The standard InChI is InChI=1S/C12H19NOS/c1-10-5-8-15-12(10)9-13-6-7-14-11-3-2-4-11/h5,8,11,13H,2-4,6-7,9H2,1H3. The van der Waals surface area contributed by atoms with Crippen LogP contribution in [0.5, 0.6) is 0 Å². The maximum absolute atomic E-state index is 5.67. The summed E-state index contributed by atoms with van der Waals surface area (Å²) in [5.41, 5.74) is 1.40. The SMILES string of the molecule is Cc1ccsc1CNCCOC1CCC1. The first-order valence-electron chi connectivity index (χ1n) is 5.71. The van der Waals surface area contributed by atoms with E-state index in [4.69, 9.17) is 4.74 Å². The van der Waals surface area contributed by atoms with Gasteiger partial charge in [0.1, 0.15) is 0 Å². The maximum Gasteiger partial charge on any atom is 0.0594 e. The topological polar surface area (TPSA) is 21.3 Å². The molecule has 0 atom stereocenters. The van der Waals surface area contributed by atoms with Crippen molar-refractivity contribution in [1.82, 2.24) is 5.32 Å². The number of rotatable bonds is 6. The molecule has 2 nitrogen and oxygen atoms in total. The minimum absolute atomic E-state index is 0.565. The van der Waals surface area contributed by atoms with Gasteiger partial charge in [-0.05, 0) is 43.2 Å². The van der Waals surface area contributed by atoms with Gasteiger partial charge in [-0.3, -0.25) is 0 Å². The molecule has 15 heavy (non-hydrogen) atoms. The molecule has 0 spiro atoms. The number of ether oxygens (including phenoxy) is 1. The van der Waals surface area contributed by atoms with Gasteiger partial charge < -0.3 is 10.1 Å².